The first-order valence-corrected chi connectivity index (χ1v) is 11.2. The molecule has 0 bridgehead atoms. The number of aliphatic imine (C=N–C) groups is 1. The van der Waals surface area contributed by atoms with E-state index in [1.165, 1.54) is 41.5 Å². The standard InChI is InChI=1S/C23H29F4N3O8/c1-20(2,3)37-18(31)29(19(32)38-21(4,5)6)17-28-22(7,15(35-8)16(36-17)23(25,26)27)13-11-12(30(33)34)9-10-14(13)24/h9-11,15-16H,1-8H3/t15-,16-,22+/m0/s1. The number of nitro groups is 1. The maximum Gasteiger partial charge on any atom is 0.428 e. The third kappa shape index (κ3) is 6.88. The summed E-state index contributed by atoms with van der Waals surface area (Å²) in [6.07, 6.45) is -13.2. The summed E-state index contributed by atoms with van der Waals surface area (Å²) in [6, 6.07) is 0.936. The van der Waals surface area contributed by atoms with E-state index in [9.17, 15) is 32.9 Å². The van der Waals surface area contributed by atoms with E-state index in [0.29, 0.717) is 12.1 Å². The Kier molecular flexibility index (Phi) is 8.37. The van der Waals surface area contributed by atoms with Gasteiger partial charge >= 0.3 is 24.4 Å². The number of hydrogen-bond acceptors (Lipinski definition) is 9. The molecule has 1 aliphatic rings. The lowest BCUT2D eigenvalue weighted by Gasteiger charge is -2.43. The van der Waals surface area contributed by atoms with Gasteiger partial charge < -0.3 is 18.9 Å². The minimum Gasteiger partial charge on any atom is -0.448 e. The summed E-state index contributed by atoms with van der Waals surface area (Å²) in [5, 5.41) is 11.3. The van der Waals surface area contributed by atoms with E-state index in [-0.39, 0.29) is 4.90 Å². The molecular formula is C23H29F4N3O8. The number of nitrogens with zero attached hydrogens (tertiary/aromatic N) is 3. The molecule has 2 amide bonds. The third-order valence-corrected chi connectivity index (χ3v) is 5.02. The van der Waals surface area contributed by atoms with Crippen molar-refractivity contribution in [2.24, 2.45) is 4.99 Å². The number of amidine groups is 1. The Morgan fingerprint density at radius 2 is 1.58 bits per heavy atom. The van der Waals surface area contributed by atoms with Crippen LogP contribution in [0.1, 0.15) is 54.0 Å². The van der Waals surface area contributed by atoms with Gasteiger partial charge in [-0.1, -0.05) is 0 Å². The number of benzene rings is 1. The molecule has 0 saturated carbocycles. The van der Waals surface area contributed by atoms with Crippen molar-refractivity contribution >= 4 is 23.9 Å². The van der Waals surface area contributed by atoms with E-state index in [0.717, 1.165) is 20.1 Å². The van der Waals surface area contributed by atoms with Gasteiger partial charge in [-0.15, -0.1) is 4.90 Å². The van der Waals surface area contributed by atoms with Gasteiger partial charge in [-0.05, 0) is 54.5 Å². The lowest BCUT2D eigenvalue weighted by atomic mass is 9.82. The summed E-state index contributed by atoms with van der Waals surface area (Å²) in [7, 11) is 0.875. The van der Waals surface area contributed by atoms with E-state index >= 15 is 4.39 Å². The lowest BCUT2D eigenvalue weighted by molar-refractivity contribution is -0.385. The third-order valence-electron chi connectivity index (χ3n) is 5.02. The van der Waals surface area contributed by atoms with Crippen LogP contribution in [0, 0.1) is 15.9 Å². The minimum atomic E-state index is -5.20. The Bertz CT molecular complexity index is 1100. The molecule has 1 heterocycles. The highest BCUT2D eigenvalue weighted by Gasteiger charge is 2.60. The van der Waals surface area contributed by atoms with Crippen LogP contribution in [0.15, 0.2) is 23.2 Å². The van der Waals surface area contributed by atoms with E-state index in [1.54, 1.807) is 0 Å². The number of carbonyl (C=O) groups is 2. The number of amides is 2. The molecule has 0 radical (unpaired) electrons. The average molecular weight is 551 g/mol. The first-order chi connectivity index (χ1) is 17.1. The molecule has 38 heavy (non-hydrogen) atoms. The summed E-state index contributed by atoms with van der Waals surface area (Å²) in [4.78, 5) is 40.5. The summed E-state index contributed by atoms with van der Waals surface area (Å²) < 4.78 is 78.0. The molecule has 1 aliphatic heterocycles. The number of ether oxygens (including phenoxy) is 4. The fraction of sp³-hybridized carbons (Fsp3) is 0.609. The molecule has 3 atom stereocenters. The number of halogens is 4. The lowest BCUT2D eigenvalue weighted by Crippen LogP contribution is -2.60. The van der Waals surface area contributed by atoms with E-state index < -0.39 is 75.3 Å². The molecule has 1 aromatic rings. The van der Waals surface area contributed by atoms with E-state index in [1.807, 2.05) is 0 Å². The topological polar surface area (TPSA) is 130 Å². The van der Waals surface area contributed by atoms with Crippen molar-refractivity contribution in [3.63, 3.8) is 0 Å². The monoisotopic (exact) mass is 551 g/mol. The summed E-state index contributed by atoms with van der Waals surface area (Å²) in [6.45, 7) is 9.60. The molecule has 0 aliphatic carbocycles. The Hall–Kier alpha value is -3.49. The summed E-state index contributed by atoms with van der Waals surface area (Å²) in [5.41, 5.74) is -6.18. The highest BCUT2D eigenvalue weighted by Crippen LogP contribution is 2.44. The van der Waals surface area contributed by atoms with Gasteiger partial charge in [0.05, 0.1) is 4.92 Å². The van der Waals surface area contributed by atoms with Crippen LogP contribution in [0.5, 0.6) is 0 Å². The average Bonchev–Trinajstić information content (AvgIpc) is 2.70. The smallest absolute Gasteiger partial charge is 0.428 e. The first kappa shape index (κ1) is 30.7. The van der Waals surface area contributed by atoms with Crippen molar-refractivity contribution < 1.29 is 51.0 Å². The predicted octanol–water partition coefficient (Wildman–Crippen LogP) is 5.45. The number of hydrogen-bond donors (Lipinski definition) is 0. The van der Waals surface area contributed by atoms with Crippen molar-refractivity contribution in [2.75, 3.05) is 7.11 Å². The zero-order valence-electron chi connectivity index (χ0n) is 22.0. The predicted molar refractivity (Wildman–Crippen MR) is 124 cm³/mol. The summed E-state index contributed by atoms with van der Waals surface area (Å²) in [5.74, 6) is -1.16. The van der Waals surface area contributed by atoms with Gasteiger partial charge in [-0.2, -0.15) is 13.2 Å². The fourth-order valence-electron chi connectivity index (χ4n) is 3.53. The molecule has 212 valence electrons. The molecule has 0 unspecified atom stereocenters. The van der Waals surface area contributed by atoms with Crippen molar-refractivity contribution in [1.29, 1.82) is 0 Å². The second kappa shape index (κ2) is 10.3. The molecule has 15 heteroatoms. The van der Waals surface area contributed by atoms with Gasteiger partial charge in [-0.3, -0.25) is 10.1 Å². The maximum absolute atomic E-state index is 15.0. The number of alkyl halides is 3. The molecule has 0 fully saturated rings. The fourth-order valence-corrected chi connectivity index (χ4v) is 3.53. The summed E-state index contributed by atoms with van der Waals surface area (Å²) >= 11 is 0. The van der Waals surface area contributed by atoms with Crippen LogP contribution in [0.4, 0.5) is 32.8 Å². The van der Waals surface area contributed by atoms with Crippen LogP contribution < -0.4 is 0 Å². The SMILES string of the molecule is CO[C@H]1[C@@H](C(F)(F)F)OC(N(C(=O)OC(C)(C)C)C(=O)OC(C)(C)C)=N[C@]1(C)c1cc([N+](=O)[O-])ccc1F. The van der Waals surface area contributed by atoms with E-state index in [4.69, 9.17) is 18.9 Å². The van der Waals surface area contributed by atoms with Crippen LogP contribution in [0.25, 0.3) is 0 Å². The first-order valence-electron chi connectivity index (χ1n) is 11.2. The normalized spacial score (nSPS) is 22.2. The van der Waals surface area contributed by atoms with Crippen molar-refractivity contribution in [1.82, 2.24) is 4.90 Å². The van der Waals surface area contributed by atoms with Gasteiger partial charge in [0.25, 0.3) is 5.69 Å². The van der Waals surface area contributed by atoms with Gasteiger partial charge in [0.1, 0.15) is 28.7 Å². The molecule has 0 aromatic heterocycles. The van der Waals surface area contributed by atoms with E-state index in [2.05, 4.69) is 4.99 Å². The van der Waals surface area contributed by atoms with Gasteiger partial charge in [0.15, 0.2) is 0 Å². The number of rotatable bonds is 3. The Morgan fingerprint density at radius 3 is 1.97 bits per heavy atom. The minimum absolute atomic E-state index is 0.00856. The molecule has 0 spiro atoms. The highest BCUT2D eigenvalue weighted by atomic mass is 19.4. The van der Waals surface area contributed by atoms with Crippen LogP contribution >= 0.6 is 0 Å². The largest absolute Gasteiger partial charge is 0.448 e. The zero-order valence-corrected chi connectivity index (χ0v) is 22.0. The maximum atomic E-state index is 15.0. The number of methoxy groups -OCH3 is 1. The molecule has 0 N–H and O–H groups in total. The van der Waals surface area contributed by atoms with Crippen molar-refractivity contribution in [3.8, 4) is 0 Å². The highest BCUT2D eigenvalue weighted by molar-refractivity contribution is 6.06. The molecule has 0 saturated heterocycles. The van der Waals surface area contributed by atoms with Crippen LogP contribution in [0.2, 0.25) is 0 Å². The number of carbonyl (C=O) groups excluding carboxylic acids is 2. The number of nitro benzene ring substituents is 1. The molecule has 2 rings (SSSR count). The zero-order chi connectivity index (χ0) is 29.4. The van der Waals surface area contributed by atoms with Crippen LogP contribution in [-0.2, 0) is 24.5 Å². The van der Waals surface area contributed by atoms with Crippen LogP contribution in [-0.4, -0.2) is 64.7 Å². The second-order valence-electron chi connectivity index (χ2n) is 10.5. The van der Waals surface area contributed by atoms with Crippen molar-refractivity contribution in [2.45, 2.75) is 83.6 Å². The van der Waals surface area contributed by atoms with Crippen LogP contribution in [0.3, 0.4) is 0 Å². The quantitative estimate of drug-likeness (QED) is 0.275. The van der Waals surface area contributed by atoms with Gasteiger partial charge in [-0.25, -0.2) is 19.0 Å². The van der Waals surface area contributed by atoms with Gasteiger partial charge in [0, 0.05) is 24.8 Å². The second-order valence-corrected chi connectivity index (χ2v) is 10.5. The van der Waals surface area contributed by atoms with Gasteiger partial charge in [0.2, 0.25) is 6.10 Å². The number of non-ortho nitro benzene ring substituents is 1. The number of imide groups is 1. The van der Waals surface area contributed by atoms with Crippen molar-refractivity contribution in [3.05, 3.63) is 39.7 Å². The Labute approximate surface area is 215 Å². The Morgan fingerprint density at radius 1 is 1.08 bits per heavy atom. The molecule has 1 aromatic carbocycles. The molecule has 11 nitrogen and oxygen atoms in total. The molecular weight excluding hydrogens is 522 g/mol. The Balaban J connectivity index is 2.88.